The molecule has 0 radical (unpaired) electrons. The highest BCUT2D eigenvalue weighted by Gasteiger charge is 2.13. The van der Waals surface area contributed by atoms with Gasteiger partial charge in [0.15, 0.2) is 5.82 Å². The van der Waals surface area contributed by atoms with E-state index >= 15 is 0 Å². The maximum absolute atomic E-state index is 12.9. The zero-order valence-electron chi connectivity index (χ0n) is 18.2. The Balaban J connectivity index is 1.50. The molecule has 1 aromatic heterocycles. The van der Waals surface area contributed by atoms with Crippen LogP contribution in [0, 0.1) is 6.92 Å². The molecule has 5 aromatic rings. The third-order valence-electron chi connectivity index (χ3n) is 5.54. The van der Waals surface area contributed by atoms with Gasteiger partial charge in [0.05, 0.1) is 16.7 Å². The number of amides is 1. The number of benzene rings is 4. The first-order chi connectivity index (χ1) is 16.2. The van der Waals surface area contributed by atoms with Crippen LogP contribution < -0.4 is 5.32 Å². The van der Waals surface area contributed by atoms with Crippen molar-refractivity contribution < 1.29 is 4.79 Å². The summed E-state index contributed by atoms with van der Waals surface area (Å²) in [6, 6.07) is 33.8. The van der Waals surface area contributed by atoms with Gasteiger partial charge in [0.1, 0.15) is 0 Å². The minimum absolute atomic E-state index is 0.182. The highest BCUT2D eigenvalue weighted by atomic mass is 16.1. The summed E-state index contributed by atoms with van der Waals surface area (Å²) in [6.07, 6.45) is 1.94. The van der Waals surface area contributed by atoms with Gasteiger partial charge in [-0.3, -0.25) is 4.79 Å². The number of nitrogens with one attached hydrogen (secondary N) is 2. The van der Waals surface area contributed by atoms with E-state index in [4.69, 9.17) is 4.98 Å². The predicted octanol–water partition coefficient (Wildman–Crippen LogP) is 6.47. The van der Waals surface area contributed by atoms with Gasteiger partial charge in [-0.25, -0.2) is 4.98 Å². The van der Waals surface area contributed by atoms with Gasteiger partial charge in [0.25, 0.3) is 5.91 Å². The molecule has 4 aromatic carbocycles. The van der Waals surface area contributed by atoms with Crippen LogP contribution in [0.4, 0.5) is 0 Å². The number of fused-ring (bicyclic) bond motifs is 1. The van der Waals surface area contributed by atoms with Crippen molar-refractivity contribution in [1.82, 2.24) is 15.3 Å². The van der Waals surface area contributed by atoms with Crippen LogP contribution >= 0.6 is 0 Å². The summed E-state index contributed by atoms with van der Waals surface area (Å²) in [5.41, 5.74) is 7.50. The van der Waals surface area contributed by atoms with E-state index in [1.807, 2.05) is 60.7 Å². The number of nitrogens with zero attached hydrogens (tertiary/aromatic N) is 1. The van der Waals surface area contributed by atoms with Crippen molar-refractivity contribution >= 4 is 28.7 Å². The van der Waals surface area contributed by atoms with Crippen LogP contribution in [0.25, 0.3) is 33.9 Å². The van der Waals surface area contributed by atoms with Crippen molar-refractivity contribution in [1.29, 1.82) is 0 Å². The lowest BCUT2D eigenvalue weighted by Crippen LogP contribution is -2.22. The molecule has 160 valence electrons. The first-order valence-corrected chi connectivity index (χ1v) is 10.9. The van der Waals surface area contributed by atoms with Gasteiger partial charge in [-0.1, -0.05) is 84.4 Å². The smallest absolute Gasteiger partial charge is 0.255 e. The number of imidazole rings is 1. The van der Waals surface area contributed by atoms with E-state index in [2.05, 4.69) is 53.6 Å². The van der Waals surface area contributed by atoms with Gasteiger partial charge < -0.3 is 10.3 Å². The van der Waals surface area contributed by atoms with Crippen LogP contribution in [0.15, 0.2) is 103 Å². The summed E-state index contributed by atoms with van der Waals surface area (Å²) in [6.45, 7) is 2.08. The van der Waals surface area contributed by atoms with Crippen molar-refractivity contribution in [3.63, 3.8) is 0 Å². The summed E-state index contributed by atoms with van der Waals surface area (Å²) in [5, 5.41) is 3.04. The first-order valence-electron chi connectivity index (χ1n) is 10.9. The molecule has 0 unspecified atom stereocenters. The Hall–Kier alpha value is -4.44. The fourth-order valence-corrected chi connectivity index (χ4v) is 3.71. The minimum Gasteiger partial charge on any atom is -0.337 e. The van der Waals surface area contributed by atoms with Gasteiger partial charge >= 0.3 is 0 Å². The molecular formula is C29H23N3O. The lowest BCUT2D eigenvalue weighted by atomic mass is 10.0. The number of rotatable bonds is 5. The zero-order chi connectivity index (χ0) is 22.6. The number of H-pyrrole nitrogens is 1. The van der Waals surface area contributed by atoms with Crippen molar-refractivity contribution in [2.24, 2.45) is 0 Å². The highest BCUT2D eigenvalue weighted by molar-refractivity contribution is 6.01. The van der Waals surface area contributed by atoms with Crippen molar-refractivity contribution in [3.8, 4) is 11.1 Å². The van der Waals surface area contributed by atoms with Crippen molar-refractivity contribution in [2.45, 2.75) is 6.92 Å². The molecule has 4 heteroatoms. The number of carbonyl (C=O) groups is 1. The average molecular weight is 430 g/mol. The molecule has 0 spiro atoms. The molecule has 4 nitrogen and oxygen atoms in total. The fourth-order valence-electron chi connectivity index (χ4n) is 3.71. The second kappa shape index (κ2) is 8.97. The number of aromatic nitrogens is 2. The number of para-hydroxylation sites is 2. The molecule has 0 saturated heterocycles. The quantitative estimate of drug-likeness (QED) is 0.337. The van der Waals surface area contributed by atoms with E-state index in [1.165, 1.54) is 11.1 Å². The molecule has 0 bridgehead atoms. The molecule has 0 atom stereocenters. The van der Waals surface area contributed by atoms with Crippen LogP contribution in [0.2, 0.25) is 0 Å². The Kier molecular flexibility index (Phi) is 5.56. The van der Waals surface area contributed by atoms with Gasteiger partial charge in [0.2, 0.25) is 0 Å². The van der Waals surface area contributed by atoms with Gasteiger partial charge in [-0.15, -0.1) is 0 Å². The molecule has 1 amide bonds. The lowest BCUT2D eigenvalue weighted by molar-refractivity contribution is 0.0973. The number of hydrogen-bond acceptors (Lipinski definition) is 2. The van der Waals surface area contributed by atoms with Gasteiger partial charge in [-0.2, -0.15) is 0 Å². The lowest BCUT2D eigenvalue weighted by Gasteiger charge is -2.09. The summed E-state index contributed by atoms with van der Waals surface area (Å²) in [5.74, 6) is 0.432. The molecule has 0 saturated carbocycles. The monoisotopic (exact) mass is 429 g/mol. The number of aryl methyl sites for hydroxylation is 1. The largest absolute Gasteiger partial charge is 0.337 e. The fraction of sp³-hybridized carbons (Fsp3) is 0.0345. The third-order valence-corrected chi connectivity index (χ3v) is 5.54. The second-order valence-corrected chi connectivity index (χ2v) is 7.97. The van der Waals surface area contributed by atoms with E-state index < -0.39 is 0 Å². The van der Waals surface area contributed by atoms with Crippen LogP contribution in [0.1, 0.15) is 27.3 Å². The Morgan fingerprint density at radius 3 is 2.12 bits per heavy atom. The zero-order valence-corrected chi connectivity index (χ0v) is 18.2. The number of aromatic amines is 1. The van der Waals surface area contributed by atoms with Crippen LogP contribution in [-0.4, -0.2) is 15.9 Å². The van der Waals surface area contributed by atoms with Crippen LogP contribution in [0.5, 0.6) is 0 Å². The van der Waals surface area contributed by atoms with Crippen LogP contribution in [0.3, 0.4) is 0 Å². The van der Waals surface area contributed by atoms with Gasteiger partial charge in [-0.05, 0) is 54.0 Å². The first kappa shape index (κ1) is 20.5. The maximum Gasteiger partial charge on any atom is 0.255 e. The molecule has 0 aliphatic carbocycles. The Labute approximate surface area is 192 Å². The van der Waals surface area contributed by atoms with E-state index in [9.17, 15) is 4.79 Å². The SMILES string of the molecule is Cc1ccc(-c2ccc(C=C(NC(=O)c3ccccc3)c3nc4ccccc4[nH]3)cc2)cc1. The Morgan fingerprint density at radius 2 is 1.42 bits per heavy atom. The van der Waals surface area contributed by atoms with Gasteiger partial charge in [0, 0.05) is 5.56 Å². The molecule has 2 N–H and O–H groups in total. The molecule has 0 aliphatic rings. The summed E-state index contributed by atoms with van der Waals surface area (Å²) in [4.78, 5) is 20.9. The third kappa shape index (κ3) is 4.60. The number of carbonyl (C=O) groups excluding carboxylic acids is 1. The second-order valence-electron chi connectivity index (χ2n) is 7.97. The standard InChI is InChI=1S/C29H23N3O/c1-20-11-15-22(16-12-20)23-17-13-21(14-18-23)19-27(32-29(33)24-7-3-2-4-8-24)28-30-25-9-5-6-10-26(25)31-28/h2-19H,1H3,(H,30,31)(H,32,33). The van der Waals surface area contributed by atoms with Crippen LogP contribution in [-0.2, 0) is 0 Å². The molecule has 33 heavy (non-hydrogen) atoms. The van der Waals surface area contributed by atoms with E-state index in [0.717, 1.165) is 22.2 Å². The summed E-state index contributed by atoms with van der Waals surface area (Å²) >= 11 is 0. The topological polar surface area (TPSA) is 57.8 Å². The summed E-state index contributed by atoms with van der Waals surface area (Å²) in [7, 11) is 0. The highest BCUT2D eigenvalue weighted by Crippen LogP contribution is 2.23. The normalized spacial score (nSPS) is 11.5. The van der Waals surface area contributed by atoms with Crippen molar-refractivity contribution in [3.05, 3.63) is 126 Å². The van der Waals surface area contributed by atoms with E-state index in [1.54, 1.807) is 12.1 Å². The Bertz CT molecular complexity index is 1400. The van der Waals surface area contributed by atoms with E-state index in [0.29, 0.717) is 17.1 Å². The summed E-state index contributed by atoms with van der Waals surface area (Å²) < 4.78 is 0. The minimum atomic E-state index is -0.182. The molecule has 1 heterocycles. The van der Waals surface area contributed by atoms with E-state index in [-0.39, 0.29) is 5.91 Å². The average Bonchev–Trinajstić information content (AvgIpc) is 3.29. The number of hydrogen-bond donors (Lipinski definition) is 2. The molecule has 5 rings (SSSR count). The molecule has 0 fully saturated rings. The molecular weight excluding hydrogens is 406 g/mol. The van der Waals surface area contributed by atoms with Crippen molar-refractivity contribution in [2.75, 3.05) is 0 Å². The maximum atomic E-state index is 12.9. The predicted molar refractivity (Wildman–Crippen MR) is 134 cm³/mol. The molecule has 0 aliphatic heterocycles. The Morgan fingerprint density at radius 1 is 0.788 bits per heavy atom.